The SMILES string of the molecule is CCCCCCCCCOc1ccc(N)cc1C(=O)O. The van der Waals surface area contributed by atoms with E-state index in [0.717, 1.165) is 12.8 Å². The average molecular weight is 279 g/mol. The zero-order valence-corrected chi connectivity index (χ0v) is 12.2. The minimum absolute atomic E-state index is 0.132. The zero-order chi connectivity index (χ0) is 14.8. The van der Waals surface area contributed by atoms with Crippen LogP contribution >= 0.6 is 0 Å². The summed E-state index contributed by atoms with van der Waals surface area (Å²) in [5.74, 6) is -0.607. The molecule has 3 N–H and O–H groups in total. The van der Waals surface area contributed by atoms with Crippen molar-refractivity contribution in [2.24, 2.45) is 0 Å². The van der Waals surface area contributed by atoms with Crippen molar-refractivity contribution in [1.29, 1.82) is 0 Å². The smallest absolute Gasteiger partial charge is 0.339 e. The number of carboxylic acid groups (broad SMARTS) is 1. The Kier molecular flexibility index (Phi) is 7.55. The minimum Gasteiger partial charge on any atom is -0.493 e. The standard InChI is InChI=1S/C16H25NO3/c1-2-3-4-5-6-7-8-11-20-15-10-9-13(17)12-14(15)16(18)19/h9-10,12H,2-8,11,17H2,1H3,(H,18,19). The van der Waals surface area contributed by atoms with Gasteiger partial charge in [0.25, 0.3) is 0 Å². The summed E-state index contributed by atoms with van der Waals surface area (Å²) in [4.78, 5) is 11.1. The zero-order valence-electron chi connectivity index (χ0n) is 12.2. The van der Waals surface area contributed by atoms with Gasteiger partial charge in [-0.15, -0.1) is 0 Å². The Morgan fingerprint density at radius 2 is 1.80 bits per heavy atom. The van der Waals surface area contributed by atoms with Crippen LogP contribution in [0.3, 0.4) is 0 Å². The Morgan fingerprint density at radius 3 is 2.45 bits per heavy atom. The van der Waals surface area contributed by atoms with Gasteiger partial charge in [0.15, 0.2) is 0 Å². The van der Waals surface area contributed by atoms with Crippen molar-refractivity contribution in [2.75, 3.05) is 12.3 Å². The third-order valence-electron chi connectivity index (χ3n) is 3.24. The van der Waals surface area contributed by atoms with Gasteiger partial charge < -0.3 is 15.6 Å². The van der Waals surface area contributed by atoms with Gasteiger partial charge in [0.05, 0.1) is 6.61 Å². The quantitative estimate of drug-likeness (QED) is 0.499. The molecule has 0 aliphatic heterocycles. The molecule has 0 aliphatic rings. The molecular weight excluding hydrogens is 254 g/mol. The lowest BCUT2D eigenvalue weighted by atomic mass is 10.1. The van der Waals surface area contributed by atoms with Crippen LogP contribution in [0, 0.1) is 0 Å². The first-order valence-corrected chi connectivity index (χ1v) is 7.40. The van der Waals surface area contributed by atoms with Crippen molar-refractivity contribution in [3.05, 3.63) is 23.8 Å². The third-order valence-corrected chi connectivity index (χ3v) is 3.24. The van der Waals surface area contributed by atoms with Gasteiger partial charge in [-0.1, -0.05) is 45.4 Å². The molecule has 0 aliphatic carbocycles. The number of nitrogen functional groups attached to an aromatic ring is 1. The average Bonchev–Trinajstić information content (AvgIpc) is 2.43. The number of anilines is 1. The van der Waals surface area contributed by atoms with Gasteiger partial charge in [-0.3, -0.25) is 0 Å². The van der Waals surface area contributed by atoms with Gasteiger partial charge in [0, 0.05) is 5.69 Å². The molecule has 0 saturated heterocycles. The summed E-state index contributed by atoms with van der Waals surface area (Å²) in [5, 5.41) is 9.08. The Labute approximate surface area is 120 Å². The summed E-state index contributed by atoms with van der Waals surface area (Å²) >= 11 is 0. The molecule has 0 atom stereocenters. The molecule has 0 spiro atoms. The first-order chi connectivity index (χ1) is 9.65. The summed E-state index contributed by atoms with van der Waals surface area (Å²) in [6.07, 6.45) is 8.45. The lowest BCUT2D eigenvalue weighted by Crippen LogP contribution is -2.05. The van der Waals surface area contributed by atoms with Crippen LogP contribution in [0.2, 0.25) is 0 Å². The molecule has 0 bridgehead atoms. The Balaban J connectivity index is 2.27. The van der Waals surface area contributed by atoms with Crippen molar-refractivity contribution in [2.45, 2.75) is 51.9 Å². The van der Waals surface area contributed by atoms with E-state index >= 15 is 0 Å². The van der Waals surface area contributed by atoms with E-state index in [9.17, 15) is 4.79 Å². The number of carbonyl (C=O) groups is 1. The van der Waals surface area contributed by atoms with Gasteiger partial charge in [-0.2, -0.15) is 0 Å². The highest BCUT2D eigenvalue weighted by Gasteiger charge is 2.11. The van der Waals surface area contributed by atoms with Crippen LogP contribution < -0.4 is 10.5 Å². The maximum Gasteiger partial charge on any atom is 0.339 e. The Morgan fingerprint density at radius 1 is 1.15 bits per heavy atom. The largest absolute Gasteiger partial charge is 0.493 e. The maximum absolute atomic E-state index is 11.1. The predicted molar refractivity (Wildman–Crippen MR) is 81.3 cm³/mol. The van der Waals surface area contributed by atoms with Crippen molar-refractivity contribution in [3.8, 4) is 5.75 Å². The van der Waals surface area contributed by atoms with Gasteiger partial charge in [-0.05, 0) is 24.6 Å². The first-order valence-electron chi connectivity index (χ1n) is 7.40. The molecule has 0 unspecified atom stereocenters. The number of hydrogen-bond donors (Lipinski definition) is 2. The molecule has 1 rings (SSSR count). The second kappa shape index (κ2) is 9.23. The maximum atomic E-state index is 11.1. The van der Waals surface area contributed by atoms with Crippen LogP contribution in [0.1, 0.15) is 62.2 Å². The molecule has 1 aromatic carbocycles. The summed E-state index contributed by atoms with van der Waals surface area (Å²) in [7, 11) is 0. The van der Waals surface area contributed by atoms with E-state index in [-0.39, 0.29) is 5.56 Å². The number of benzene rings is 1. The second-order valence-corrected chi connectivity index (χ2v) is 5.03. The topological polar surface area (TPSA) is 72.5 Å². The summed E-state index contributed by atoms with van der Waals surface area (Å²) in [5.41, 5.74) is 6.15. The van der Waals surface area contributed by atoms with Crippen molar-refractivity contribution >= 4 is 11.7 Å². The van der Waals surface area contributed by atoms with Crippen molar-refractivity contribution < 1.29 is 14.6 Å². The highest BCUT2D eigenvalue weighted by atomic mass is 16.5. The normalized spacial score (nSPS) is 10.4. The fraction of sp³-hybridized carbons (Fsp3) is 0.562. The number of carboxylic acids is 1. The van der Waals surface area contributed by atoms with E-state index in [1.54, 1.807) is 12.1 Å². The van der Waals surface area contributed by atoms with Gasteiger partial charge in [-0.25, -0.2) is 4.79 Å². The monoisotopic (exact) mass is 279 g/mol. The first kappa shape index (κ1) is 16.3. The minimum atomic E-state index is -1.01. The predicted octanol–water partition coefficient (Wildman–Crippen LogP) is 4.10. The lowest BCUT2D eigenvalue weighted by Gasteiger charge is -2.09. The van der Waals surface area contributed by atoms with Crippen LogP contribution in [-0.2, 0) is 0 Å². The van der Waals surface area contributed by atoms with E-state index in [0.29, 0.717) is 18.0 Å². The number of aromatic carboxylic acids is 1. The van der Waals surface area contributed by atoms with E-state index in [1.807, 2.05) is 0 Å². The lowest BCUT2D eigenvalue weighted by molar-refractivity contribution is 0.0692. The highest BCUT2D eigenvalue weighted by Crippen LogP contribution is 2.21. The molecule has 20 heavy (non-hydrogen) atoms. The van der Waals surface area contributed by atoms with Gasteiger partial charge in [0.1, 0.15) is 11.3 Å². The van der Waals surface area contributed by atoms with Crippen molar-refractivity contribution in [3.63, 3.8) is 0 Å². The van der Waals surface area contributed by atoms with Crippen LogP contribution in [0.15, 0.2) is 18.2 Å². The number of ether oxygens (including phenoxy) is 1. The fourth-order valence-corrected chi connectivity index (χ4v) is 2.08. The van der Waals surface area contributed by atoms with E-state index in [2.05, 4.69) is 6.92 Å². The molecule has 4 heteroatoms. The summed E-state index contributed by atoms with van der Waals surface area (Å²) < 4.78 is 5.54. The molecular formula is C16H25NO3. The molecule has 112 valence electrons. The molecule has 1 aromatic rings. The number of rotatable bonds is 10. The molecule has 4 nitrogen and oxygen atoms in total. The molecule has 0 radical (unpaired) electrons. The van der Waals surface area contributed by atoms with Crippen LogP contribution in [0.25, 0.3) is 0 Å². The summed E-state index contributed by atoms with van der Waals surface area (Å²) in [6, 6.07) is 4.72. The van der Waals surface area contributed by atoms with Crippen LogP contribution in [0.4, 0.5) is 5.69 Å². The van der Waals surface area contributed by atoms with E-state index in [1.165, 1.54) is 38.2 Å². The number of unbranched alkanes of at least 4 members (excludes halogenated alkanes) is 6. The Bertz CT molecular complexity index is 418. The van der Waals surface area contributed by atoms with E-state index in [4.69, 9.17) is 15.6 Å². The number of nitrogens with two attached hydrogens (primary N) is 1. The molecule has 0 aromatic heterocycles. The molecule has 0 saturated carbocycles. The fourth-order valence-electron chi connectivity index (χ4n) is 2.08. The van der Waals surface area contributed by atoms with Crippen molar-refractivity contribution in [1.82, 2.24) is 0 Å². The van der Waals surface area contributed by atoms with E-state index < -0.39 is 5.97 Å². The number of hydrogen-bond acceptors (Lipinski definition) is 3. The third kappa shape index (κ3) is 5.95. The van der Waals surface area contributed by atoms with Gasteiger partial charge >= 0.3 is 5.97 Å². The highest BCUT2D eigenvalue weighted by molar-refractivity contribution is 5.92. The second-order valence-electron chi connectivity index (χ2n) is 5.03. The molecule has 0 amide bonds. The Hall–Kier alpha value is -1.71. The van der Waals surface area contributed by atoms with Gasteiger partial charge in [0.2, 0.25) is 0 Å². The summed E-state index contributed by atoms with van der Waals surface area (Å²) in [6.45, 7) is 2.76. The van der Waals surface area contributed by atoms with Crippen LogP contribution in [0.5, 0.6) is 5.75 Å². The molecule has 0 heterocycles. The van der Waals surface area contributed by atoms with Crippen LogP contribution in [-0.4, -0.2) is 17.7 Å². The molecule has 0 fully saturated rings.